The van der Waals surface area contributed by atoms with Gasteiger partial charge in [0.25, 0.3) is 21.7 Å². The average molecular weight is 402 g/mol. The van der Waals surface area contributed by atoms with Crippen LogP contribution >= 0.6 is 0 Å². The van der Waals surface area contributed by atoms with E-state index in [0.717, 1.165) is 12.1 Å². The van der Waals surface area contributed by atoms with Crippen LogP contribution in [0.25, 0.3) is 10.8 Å². The van der Waals surface area contributed by atoms with E-state index in [1.54, 1.807) is 6.92 Å². The molecule has 0 aliphatic heterocycles. The van der Waals surface area contributed by atoms with E-state index in [1.165, 1.54) is 36.4 Å². The van der Waals surface area contributed by atoms with Crippen LogP contribution in [0.4, 0.5) is 11.4 Å². The van der Waals surface area contributed by atoms with E-state index in [-0.39, 0.29) is 27.8 Å². The van der Waals surface area contributed by atoms with E-state index >= 15 is 0 Å². The van der Waals surface area contributed by atoms with E-state index in [2.05, 4.69) is 5.32 Å². The molecule has 0 aliphatic carbocycles. The maximum Gasteiger partial charge on any atom is 0.294 e. The number of anilines is 1. The van der Waals surface area contributed by atoms with Gasteiger partial charge in [0.15, 0.2) is 0 Å². The van der Waals surface area contributed by atoms with Crippen LogP contribution in [0.1, 0.15) is 15.9 Å². The van der Waals surface area contributed by atoms with Gasteiger partial charge in [0.2, 0.25) is 0 Å². The van der Waals surface area contributed by atoms with E-state index in [9.17, 15) is 33.0 Å². The number of phenols is 1. The summed E-state index contributed by atoms with van der Waals surface area (Å²) < 4.78 is 32.5. The number of amides is 1. The molecule has 0 aromatic heterocycles. The molecule has 0 unspecified atom stereocenters. The topological polar surface area (TPSA) is 147 Å². The van der Waals surface area contributed by atoms with Gasteiger partial charge < -0.3 is 10.4 Å². The molecule has 0 saturated heterocycles. The van der Waals surface area contributed by atoms with E-state index < -0.39 is 31.5 Å². The van der Waals surface area contributed by atoms with Gasteiger partial charge in [-0.3, -0.25) is 19.5 Å². The molecule has 0 saturated carbocycles. The molecular formula is C18H14N2O7S. The molecule has 3 N–H and O–H groups in total. The molecule has 0 atom stereocenters. The van der Waals surface area contributed by atoms with Gasteiger partial charge in [-0.25, -0.2) is 0 Å². The van der Waals surface area contributed by atoms with Crippen molar-refractivity contribution in [3.8, 4) is 5.75 Å². The Kier molecular flexibility index (Phi) is 4.75. The number of nitrogens with one attached hydrogen (secondary N) is 1. The van der Waals surface area contributed by atoms with Crippen molar-refractivity contribution in [1.29, 1.82) is 0 Å². The minimum absolute atomic E-state index is 0.121. The molecule has 3 aromatic carbocycles. The molecule has 0 fully saturated rings. The van der Waals surface area contributed by atoms with Gasteiger partial charge in [-0.1, -0.05) is 18.2 Å². The van der Waals surface area contributed by atoms with Crippen LogP contribution in [0.2, 0.25) is 0 Å². The second-order valence-electron chi connectivity index (χ2n) is 6.05. The summed E-state index contributed by atoms with van der Waals surface area (Å²) in [7, 11) is -4.60. The molecule has 0 radical (unpaired) electrons. The number of nitro benzene ring substituents is 1. The Morgan fingerprint density at radius 1 is 1.14 bits per heavy atom. The van der Waals surface area contributed by atoms with Crippen molar-refractivity contribution < 1.29 is 27.8 Å². The summed E-state index contributed by atoms with van der Waals surface area (Å²) in [5.41, 5.74) is -0.174. The fraction of sp³-hybridized carbons (Fsp3) is 0.0556. The number of aryl methyl sites for hydroxylation is 1. The Labute approximate surface area is 159 Å². The van der Waals surface area contributed by atoms with Crippen LogP contribution in [-0.2, 0) is 10.1 Å². The lowest BCUT2D eigenvalue weighted by atomic mass is 10.1. The predicted octanol–water partition coefficient (Wildman–Crippen LogP) is 3.26. The molecule has 3 aromatic rings. The van der Waals surface area contributed by atoms with Crippen LogP contribution in [0, 0.1) is 17.0 Å². The first-order valence-electron chi connectivity index (χ1n) is 7.87. The summed E-state index contributed by atoms with van der Waals surface area (Å²) >= 11 is 0. The second kappa shape index (κ2) is 6.91. The highest BCUT2D eigenvalue weighted by molar-refractivity contribution is 7.85. The third kappa shape index (κ3) is 3.63. The van der Waals surface area contributed by atoms with Gasteiger partial charge in [0.1, 0.15) is 11.3 Å². The van der Waals surface area contributed by atoms with Gasteiger partial charge >= 0.3 is 0 Å². The molecule has 0 spiro atoms. The van der Waals surface area contributed by atoms with Crippen molar-refractivity contribution in [1.82, 2.24) is 0 Å². The summed E-state index contributed by atoms with van der Waals surface area (Å²) in [6.07, 6.45) is 0. The van der Waals surface area contributed by atoms with Crippen LogP contribution in [-0.4, -0.2) is 28.9 Å². The maximum atomic E-state index is 12.7. The predicted molar refractivity (Wildman–Crippen MR) is 101 cm³/mol. The lowest BCUT2D eigenvalue weighted by Gasteiger charge is -2.12. The van der Waals surface area contributed by atoms with Crippen LogP contribution in [0.5, 0.6) is 5.75 Å². The smallest absolute Gasteiger partial charge is 0.294 e. The number of fused-ring (bicyclic) bond motifs is 1. The highest BCUT2D eigenvalue weighted by Gasteiger charge is 2.22. The number of phenolic OH excluding ortho intramolecular Hbond substituents is 1. The largest absolute Gasteiger partial charge is 0.507 e. The number of benzene rings is 3. The maximum absolute atomic E-state index is 12.7. The molecular weight excluding hydrogens is 388 g/mol. The summed E-state index contributed by atoms with van der Waals surface area (Å²) in [5.74, 6) is -1.11. The van der Waals surface area contributed by atoms with Crippen LogP contribution in [0.3, 0.4) is 0 Å². The molecule has 0 bridgehead atoms. The summed E-state index contributed by atoms with van der Waals surface area (Å²) in [6, 6.07) is 10.4. The molecule has 1 amide bonds. The van der Waals surface area contributed by atoms with Crippen molar-refractivity contribution in [2.24, 2.45) is 0 Å². The number of hydrogen-bond donors (Lipinski definition) is 3. The first-order valence-corrected chi connectivity index (χ1v) is 9.31. The minimum atomic E-state index is -4.60. The number of nitrogens with zero attached hydrogens (tertiary/aromatic N) is 1. The number of nitro groups is 1. The number of carbonyl (C=O) groups is 1. The summed E-state index contributed by atoms with van der Waals surface area (Å²) in [5, 5.41) is 24.1. The van der Waals surface area contributed by atoms with Crippen molar-refractivity contribution in [3.63, 3.8) is 0 Å². The standard InChI is InChI=1S/C18H14N2O7S/c1-10-5-6-15(20(23)24)13(7-10)18(22)19-14-9-12(28(25,26)27)8-11-3-2-4-16(21)17(11)14/h2-9,21H,1H3,(H,19,22)(H,25,26,27). The lowest BCUT2D eigenvalue weighted by Crippen LogP contribution is -2.15. The SMILES string of the molecule is Cc1ccc([N+](=O)[O-])c(C(=O)Nc2cc(S(=O)(=O)O)cc3cccc(O)c23)c1. The highest BCUT2D eigenvalue weighted by atomic mass is 32.2. The fourth-order valence-corrected chi connectivity index (χ4v) is 3.35. The van der Waals surface area contributed by atoms with Gasteiger partial charge in [-0.15, -0.1) is 0 Å². The van der Waals surface area contributed by atoms with Crippen molar-refractivity contribution >= 4 is 38.2 Å². The van der Waals surface area contributed by atoms with Crippen molar-refractivity contribution in [2.75, 3.05) is 5.32 Å². The zero-order valence-corrected chi connectivity index (χ0v) is 15.2. The van der Waals surface area contributed by atoms with E-state index in [0.29, 0.717) is 5.56 Å². The summed E-state index contributed by atoms with van der Waals surface area (Å²) in [4.78, 5) is 22.7. The molecule has 28 heavy (non-hydrogen) atoms. The molecule has 10 heteroatoms. The molecule has 9 nitrogen and oxygen atoms in total. The first-order chi connectivity index (χ1) is 13.1. The molecule has 144 valence electrons. The number of aromatic hydroxyl groups is 1. The third-order valence-electron chi connectivity index (χ3n) is 4.07. The van der Waals surface area contributed by atoms with Crippen molar-refractivity contribution in [2.45, 2.75) is 11.8 Å². The Bertz CT molecular complexity index is 1240. The molecule has 0 aliphatic rings. The first kappa shape index (κ1) is 19.3. The summed E-state index contributed by atoms with van der Waals surface area (Å²) in [6.45, 7) is 1.65. The zero-order valence-electron chi connectivity index (χ0n) is 14.4. The Balaban J connectivity index is 2.18. The zero-order chi connectivity index (χ0) is 20.6. The monoisotopic (exact) mass is 402 g/mol. The number of hydrogen-bond acceptors (Lipinski definition) is 6. The van der Waals surface area contributed by atoms with Gasteiger partial charge in [0.05, 0.1) is 15.5 Å². The number of rotatable bonds is 4. The number of carbonyl (C=O) groups excluding carboxylic acids is 1. The van der Waals surface area contributed by atoms with Gasteiger partial charge in [-0.05, 0) is 42.1 Å². The Morgan fingerprint density at radius 2 is 1.86 bits per heavy atom. The second-order valence-corrected chi connectivity index (χ2v) is 7.47. The lowest BCUT2D eigenvalue weighted by molar-refractivity contribution is -0.385. The quantitative estimate of drug-likeness (QED) is 0.345. The average Bonchev–Trinajstić information content (AvgIpc) is 2.60. The Morgan fingerprint density at radius 3 is 2.50 bits per heavy atom. The normalized spacial score (nSPS) is 11.4. The van der Waals surface area contributed by atoms with Crippen molar-refractivity contribution in [3.05, 3.63) is 69.8 Å². The molecule has 3 rings (SSSR count). The minimum Gasteiger partial charge on any atom is -0.507 e. The fourth-order valence-electron chi connectivity index (χ4n) is 2.81. The van der Waals surface area contributed by atoms with Gasteiger partial charge in [0, 0.05) is 11.5 Å². The molecule has 0 heterocycles. The highest BCUT2D eigenvalue weighted by Crippen LogP contribution is 2.35. The van der Waals surface area contributed by atoms with E-state index in [4.69, 9.17) is 0 Å². The van der Waals surface area contributed by atoms with Crippen LogP contribution < -0.4 is 5.32 Å². The van der Waals surface area contributed by atoms with E-state index in [1.807, 2.05) is 0 Å². The van der Waals surface area contributed by atoms with Crippen LogP contribution in [0.15, 0.2) is 53.4 Å². The Hall–Kier alpha value is -3.50. The van der Waals surface area contributed by atoms with Gasteiger partial charge in [-0.2, -0.15) is 8.42 Å². The third-order valence-corrected chi connectivity index (χ3v) is 4.90.